The van der Waals surface area contributed by atoms with Crippen molar-refractivity contribution in [1.82, 2.24) is 0 Å². The van der Waals surface area contributed by atoms with Gasteiger partial charge in [-0.3, -0.25) is 0 Å². The van der Waals surface area contributed by atoms with Crippen LogP contribution in [0.3, 0.4) is 0 Å². The first kappa shape index (κ1) is 13.5. The molecule has 2 nitrogen and oxygen atoms in total. The molecule has 0 unspecified atom stereocenters. The molecular formula is C14H25NO. The van der Waals surface area contributed by atoms with Crippen LogP contribution in [0.4, 0.5) is 0 Å². The fraction of sp³-hybridized carbons (Fsp3) is 0.929. The van der Waals surface area contributed by atoms with E-state index in [0.717, 1.165) is 38.2 Å². The summed E-state index contributed by atoms with van der Waals surface area (Å²) < 4.78 is 5.07. The lowest BCUT2D eigenvalue weighted by Crippen LogP contribution is -2.26. The Bertz CT molecular complexity index is 223. The van der Waals surface area contributed by atoms with Gasteiger partial charge < -0.3 is 4.74 Å². The zero-order valence-electron chi connectivity index (χ0n) is 10.8. The van der Waals surface area contributed by atoms with E-state index in [1.165, 1.54) is 25.7 Å². The third kappa shape index (κ3) is 3.79. The van der Waals surface area contributed by atoms with Crippen molar-refractivity contribution in [1.29, 1.82) is 5.26 Å². The normalized spacial score (nSPS) is 29.9. The van der Waals surface area contributed by atoms with Crippen molar-refractivity contribution in [2.75, 3.05) is 13.7 Å². The third-order valence-corrected chi connectivity index (χ3v) is 4.00. The maximum atomic E-state index is 9.37. The van der Waals surface area contributed by atoms with Crippen LogP contribution < -0.4 is 0 Å². The summed E-state index contributed by atoms with van der Waals surface area (Å²) >= 11 is 0. The molecule has 2 heteroatoms. The zero-order valence-corrected chi connectivity index (χ0v) is 10.8. The van der Waals surface area contributed by atoms with E-state index in [1.807, 2.05) is 0 Å². The molecule has 0 amide bonds. The Kier molecular flexibility index (Phi) is 5.84. The molecule has 92 valence electrons. The van der Waals surface area contributed by atoms with Crippen molar-refractivity contribution in [3.05, 3.63) is 0 Å². The van der Waals surface area contributed by atoms with Crippen molar-refractivity contribution < 1.29 is 4.74 Å². The molecular weight excluding hydrogens is 198 g/mol. The highest BCUT2D eigenvalue weighted by molar-refractivity contribution is 5.01. The number of hydrogen-bond acceptors (Lipinski definition) is 2. The molecule has 0 radical (unpaired) electrons. The molecule has 16 heavy (non-hydrogen) atoms. The van der Waals surface area contributed by atoms with Crippen LogP contribution >= 0.6 is 0 Å². The summed E-state index contributed by atoms with van der Waals surface area (Å²) in [5.41, 5.74) is -0.0250. The predicted octanol–water partition coefficient (Wildman–Crippen LogP) is 3.91. The van der Waals surface area contributed by atoms with Gasteiger partial charge in [-0.15, -0.1) is 0 Å². The van der Waals surface area contributed by atoms with Gasteiger partial charge in [0.25, 0.3) is 0 Å². The topological polar surface area (TPSA) is 33.0 Å². The van der Waals surface area contributed by atoms with E-state index in [-0.39, 0.29) is 5.41 Å². The molecule has 0 saturated heterocycles. The molecule has 1 rings (SSSR count). The Hall–Kier alpha value is -0.550. The van der Waals surface area contributed by atoms with Gasteiger partial charge >= 0.3 is 0 Å². The first-order valence-corrected chi connectivity index (χ1v) is 6.66. The van der Waals surface area contributed by atoms with Crippen LogP contribution in [-0.4, -0.2) is 13.7 Å². The highest BCUT2D eigenvalue weighted by atomic mass is 16.5. The predicted molar refractivity (Wildman–Crippen MR) is 66.0 cm³/mol. The van der Waals surface area contributed by atoms with E-state index in [0.29, 0.717) is 0 Å². The summed E-state index contributed by atoms with van der Waals surface area (Å²) in [7, 11) is 1.73. The smallest absolute Gasteiger partial charge is 0.0689 e. The molecule has 1 saturated carbocycles. The Labute approximate surface area is 100.0 Å². The Morgan fingerprint density at radius 1 is 1.38 bits per heavy atom. The first-order chi connectivity index (χ1) is 7.76. The van der Waals surface area contributed by atoms with Crippen molar-refractivity contribution in [3.8, 4) is 6.07 Å². The molecule has 1 aliphatic rings. The van der Waals surface area contributed by atoms with Crippen LogP contribution in [0, 0.1) is 22.7 Å². The van der Waals surface area contributed by atoms with Gasteiger partial charge in [0.15, 0.2) is 0 Å². The van der Waals surface area contributed by atoms with E-state index >= 15 is 0 Å². The van der Waals surface area contributed by atoms with Gasteiger partial charge in [-0.2, -0.15) is 5.26 Å². The largest absolute Gasteiger partial charge is 0.385 e. The minimum absolute atomic E-state index is 0.0250. The lowest BCUT2D eigenvalue weighted by molar-refractivity contribution is 0.149. The molecule has 0 N–H and O–H groups in total. The lowest BCUT2D eigenvalue weighted by atomic mass is 9.68. The maximum absolute atomic E-state index is 9.37. The number of rotatable bonds is 6. The quantitative estimate of drug-likeness (QED) is 0.639. The second-order valence-corrected chi connectivity index (χ2v) is 5.22. The van der Waals surface area contributed by atoms with Gasteiger partial charge in [0.2, 0.25) is 0 Å². The minimum Gasteiger partial charge on any atom is -0.385 e. The number of ether oxygens (including phenoxy) is 1. The fourth-order valence-electron chi connectivity index (χ4n) is 2.90. The van der Waals surface area contributed by atoms with E-state index < -0.39 is 0 Å². The van der Waals surface area contributed by atoms with Crippen molar-refractivity contribution in [2.45, 2.75) is 58.3 Å². The van der Waals surface area contributed by atoms with Gasteiger partial charge in [-0.05, 0) is 44.4 Å². The third-order valence-electron chi connectivity index (χ3n) is 4.00. The van der Waals surface area contributed by atoms with Gasteiger partial charge in [-0.1, -0.05) is 19.8 Å². The van der Waals surface area contributed by atoms with Crippen molar-refractivity contribution >= 4 is 0 Å². The van der Waals surface area contributed by atoms with Gasteiger partial charge in [0.1, 0.15) is 0 Å². The van der Waals surface area contributed by atoms with Gasteiger partial charge in [0, 0.05) is 13.7 Å². The Morgan fingerprint density at radius 3 is 2.56 bits per heavy atom. The van der Waals surface area contributed by atoms with Gasteiger partial charge in [0.05, 0.1) is 11.5 Å². The zero-order chi connectivity index (χ0) is 11.9. The Balaban J connectivity index is 2.36. The average molecular weight is 223 g/mol. The monoisotopic (exact) mass is 223 g/mol. The van der Waals surface area contributed by atoms with Crippen LogP contribution in [0.5, 0.6) is 0 Å². The van der Waals surface area contributed by atoms with E-state index in [9.17, 15) is 5.26 Å². The minimum atomic E-state index is -0.0250. The summed E-state index contributed by atoms with van der Waals surface area (Å²) in [6, 6.07) is 2.58. The van der Waals surface area contributed by atoms with Crippen molar-refractivity contribution in [3.63, 3.8) is 0 Å². The molecule has 0 aromatic carbocycles. The van der Waals surface area contributed by atoms with Crippen LogP contribution in [0.25, 0.3) is 0 Å². The second-order valence-electron chi connectivity index (χ2n) is 5.22. The molecule has 0 atom stereocenters. The average Bonchev–Trinajstić information content (AvgIpc) is 2.32. The maximum Gasteiger partial charge on any atom is 0.0689 e. The molecule has 0 heterocycles. The first-order valence-electron chi connectivity index (χ1n) is 6.66. The van der Waals surface area contributed by atoms with E-state index in [1.54, 1.807) is 7.11 Å². The van der Waals surface area contributed by atoms with Crippen LogP contribution in [-0.2, 0) is 4.74 Å². The summed E-state index contributed by atoms with van der Waals surface area (Å²) in [6.07, 6.45) is 9.42. The van der Waals surface area contributed by atoms with E-state index in [4.69, 9.17) is 4.74 Å². The van der Waals surface area contributed by atoms with Gasteiger partial charge in [-0.25, -0.2) is 0 Å². The summed E-state index contributed by atoms with van der Waals surface area (Å²) in [4.78, 5) is 0. The molecule has 0 aromatic rings. The molecule has 0 aromatic heterocycles. The van der Waals surface area contributed by atoms with Crippen LogP contribution in [0.15, 0.2) is 0 Å². The second kappa shape index (κ2) is 6.91. The summed E-state index contributed by atoms with van der Waals surface area (Å²) in [5, 5.41) is 9.37. The highest BCUT2D eigenvalue weighted by Crippen LogP contribution is 2.43. The molecule has 0 aliphatic heterocycles. The Morgan fingerprint density at radius 2 is 2.06 bits per heavy atom. The van der Waals surface area contributed by atoms with Crippen molar-refractivity contribution in [2.24, 2.45) is 11.3 Å². The molecule has 0 bridgehead atoms. The SMILES string of the molecule is CCCC1CCC(C#N)(CCCOC)CC1. The molecule has 0 spiro atoms. The standard InChI is InChI=1S/C14H25NO/c1-3-5-13-6-9-14(12-15,10-7-13)8-4-11-16-2/h13H,3-11H2,1-2H3. The van der Waals surface area contributed by atoms with E-state index in [2.05, 4.69) is 13.0 Å². The van der Waals surface area contributed by atoms with Crippen LogP contribution in [0.1, 0.15) is 58.3 Å². The number of hydrogen-bond donors (Lipinski definition) is 0. The molecule has 1 fully saturated rings. The fourth-order valence-corrected chi connectivity index (χ4v) is 2.90. The lowest BCUT2D eigenvalue weighted by Gasteiger charge is -2.35. The highest BCUT2D eigenvalue weighted by Gasteiger charge is 2.34. The number of nitrogens with zero attached hydrogens (tertiary/aromatic N) is 1. The number of methoxy groups -OCH3 is 1. The number of nitriles is 1. The summed E-state index contributed by atoms with van der Waals surface area (Å²) in [5.74, 6) is 0.883. The van der Waals surface area contributed by atoms with Crippen LogP contribution in [0.2, 0.25) is 0 Å². The summed E-state index contributed by atoms with van der Waals surface area (Å²) in [6.45, 7) is 3.05. The molecule has 1 aliphatic carbocycles.